The summed E-state index contributed by atoms with van der Waals surface area (Å²) >= 11 is 13.7. The summed E-state index contributed by atoms with van der Waals surface area (Å²) in [5.41, 5.74) is 2.96. The van der Waals surface area contributed by atoms with Crippen LogP contribution >= 0.6 is 34.5 Å². The lowest BCUT2D eigenvalue weighted by atomic mass is 10.1. The molecule has 0 aliphatic carbocycles. The highest BCUT2D eigenvalue weighted by molar-refractivity contribution is 7.15. The second kappa shape index (κ2) is 8.47. The molecule has 10 heteroatoms. The van der Waals surface area contributed by atoms with Crippen molar-refractivity contribution in [2.75, 3.05) is 5.32 Å². The second-order valence-corrected chi connectivity index (χ2v) is 8.90. The number of carbonyl (C=O) groups is 1. The highest BCUT2D eigenvalue weighted by Gasteiger charge is 2.15. The van der Waals surface area contributed by atoms with Crippen molar-refractivity contribution >= 4 is 68.4 Å². The van der Waals surface area contributed by atoms with Gasteiger partial charge in [-0.1, -0.05) is 34.8 Å². The summed E-state index contributed by atoms with van der Waals surface area (Å²) in [5, 5.41) is 10.3. The van der Waals surface area contributed by atoms with Crippen molar-refractivity contribution in [3.05, 3.63) is 85.5 Å². The van der Waals surface area contributed by atoms with Crippen LogP contribution in [-0.2, 0) is 4.79 Å². The molecule has 5 aromatic rings. The molecule has 0 saturated heterocycles. The van der Waals surface area contributed by atoms with E-state index in [0.717, 1.165) is 16.8 Å². The number of aromatic nitrogens is 3. The zero-order valence-corrected chi connectivity index (χ0v) is 19.3. The molecule has 0 unspecified atom stereocenters. The van der Waals surface area contributed by atoms with Crippen molar-refractivity contribution in [2.24, 2.45) is 0 Å². The number of benzene rings is 2. The van der Waals surface area contributed by atoms with Gasteiger partial charge >= 0.3 is 0 Å². The molecule has 5 rings (SSSR count). The standard InChI is InChI=1S/C23H14Cl2N4O3S/c1-12-2-6-19-16(8-12)21(31)13(10-32-19)3-7-20(30)26-22-27-23-29(28-22)18(11-33-23)15-5-4-14(24)9-17(15)25/h2-11H,1H3,(H,26,28,30)/b7-3+. The minimum atomic E-state index is -0.483. The lowest BCUT2D eigenvalue weighted by Gasteiger charge is -2.02. The molecule has 3 heterocycles. The van der Waals surface area contributed by atoms with E-state index in [1.165, 1.54) is 29.8 Å². The number of hydrogen-bond acceptors (Lipinski definition) is 6. The lowest BCUT2D eigenvalue weighted by Crippen LogP contribution is -2.10. The maximum absolute atomic E-state index is 12.7. The molecule has 0 fully saturated rings. The van der Waals surface area contributed by atoms with Crippen molar-refractivity contribution in [3.63, 3.8) is 0 Å². The Hall–Kier alpha value is -3.46. The summed E-state index contributed by atoms with van der Waals surface area (Å²) in [4.78, 5) is 30.0. The van der Waals surface area contributed by atoms with E-state index in [2.05, 4.69) is 15.4 Å². The Balaban J connectivity index is 1.38. The van der Waals surface area contributed by atoms with E-state index in [4.69, 9.17) is 27.6 Å². The predicted molar refractivity (Wildman–Crippen MR) is 131 cm³/mol. The molecule has 164 valence electrons. The molecular weight excluding hydrogens is 483 g/mol. The molecule has 0 bridgehead atoms. The molecule has 0 aliphatic heterocycles. The molecule has 0 atom stereocenters. The number of fused-ring (bicyclic) bond motifs is 2. The van der Waals surface area contributed by atoms with Crippen molar-refractivity contribution < 1.29 is 9.21 Å². The summed E-state index contributed by atoms with van der Waals surface area (Å²) in [5.74, 6) is -0.355. The van der Waals surface area contributed by atoms with Gasteiger partial charge in [0, 0.05) is 22.0 Å². The molecule has 3 aromatic heterocycles. The lowest BCUT2D eigenvalue weighted by molar-refractivity contribution is -0.111. The Labute approximate surface area is 200 Å². The third-order valence-corrected chi connectivity index (χ3v) is 6.26. The molecule has 1 amide bonds. The van der Waals surface area contributed by atoms with Gasteiger partial charge in [0.25, 0.3) is 11.9 Å². The highest BCUT2D eigenvalue weighted by Crippen LogP contribution is 2.33. The Bertz CT molecular complexity index is 1630. The maximum atomic E-state index is 12.7. The van der Waals surface area contributed by atoms with Crippen LogP contribution in [0.2, 0.25) is 10.0 Å². The summed E-state index contributed by atoms with van der Waals surface area (Å²) < 4.78 is 7.10. The van der Waals surface area contributed by atoms with E-state index in [1.54, 1.807) is 34.8 Å². The predicted octanol–water partition coefficient (Wildman–Crippen LogP) is 5.83. The average Bonchev–Trinajstić information content (AvgIpc) is 3.34. The molecule has 0 aliphatic rings. The van der Waals surface area contributed by atoms with E-state index in [-0.39, 0.29) is 16.9 Å². The van der Waals surface area contributed by atoms with Crippen molar-refractivity contribution in [1.29, 1.82) is 0 Å². The Morgan fingerprint density at radius 3 is 2.88 bits per heavy atom. The number of aryl methyl sites for hydroxylation is 1. The number of carbonyl (C=O) groups excluding carboxylic acids is 1. The molecule has 2 aromatic carbocycles. The number of nitrogens with one attached hydrogen (secondary N) is 1. The van der Waals surface area contributed by atoms with Crippen LogP contribution in [0.3, 0.4) is 0 Å². The first-order valence-corrected chi connectivity index (χ1v) is 11.3. The van der Waals surface area contributed by atoms with Gasteiger partial charge in [0.2, 0.25) is 4.96 Å². The number of nitrogens with zero attached hydrogens (tertiary/aromatic N) is 3. The van der Waals surface area contributed by atoms with Gasteiger partial charge < -0.3 is 4.42 Å². The molecule has 33 heavy (non-hydrogen) atoms. The normalized spacial score (nSPS) is 11.6. The van der Waals surface area contributed by atoms with Crippen molar-refractivity contribution in [1.82, 2.24) is 14.6 Å². The number of amides is 1. The van der Waals surface area contributed by atoms with E-state index >= 15 is 0 Å². The third kappa shape index (κ3) is 4.16. The topological polar surface area (TPSA) is 89.5 Å². The fraction of sp³-hybridized carbons (Fsp3) is 0.0435. The fourth-order valence-electron chi connectivity index (χ4n) is 3.31. The number of anilines is 1. The SMILES string of the molecule is Cc1ccc2occ(/C=C/C(=O)Nc3nc4scc(-c5ccc(Cl)cc5Cl)n4n3)c(=O)c2c1. The van der Waals surface area contributed by atoms with Crippen LogP contribution in [0, 0.1) is 6.92 Å². The Morgan fingerprint density at radius 1 is 1.21 bits per heavy atom. The van der Waals surface area contributed by atoms with Gasteiger partial charge in [-0.2, -0.15) is 4.98 Å². The highest BCUT2D eigenvalue weighted by atomic mass is 35.5. The van der Waals surface area contributed by atoms with Crippen LogP contribution in [0.25, 0.3) is 33.3 Å². The first-order chi connectivity index (χ1) is 15.9. The molecular formula is C23H14Cl2N4O3S. The van der Waals surface area contributed by atoms with Crippen LogP contribution in [-0.4, -0.2) is 20.5 Å². The van der Waals surface area contributed by atoms with Crippen LogP contribution in [0.5, 0.6) is 0 Å². The monoisotopic (exact) mass is 496 g/mol. The smallest absolute Gasteiger partial charge is 0.250 e. The van der Waals surface area contributed by atoms with Gasteiger partial charge in [0.1, 0.15) is 11.8 Å². The number of hydrogen-bond donors (Lipinski definition) is 1. The van der Waals surface area contributed by atoms with Crippen molar-refractivity contribution in [2.45, 2.75) is 6.92 Å². The number of rotatable bonds is 4. The minimum Gasteiger partial charge on any atom is -0.463 e. The zero-order chi connectivity index (χ0) is 23.1. The van der Waals surface area contributed by atoms with Crippen LogP contribution < -0.4 is 10.7 Å². The minimum absolute atomic E-state index is 0.129. The fourth-order valence-corrected chi connectivity index (χ4v) is 4.64. The van der Waals surface area contributed by atoms with E-state index in [0.29, 0.717) is 26.0 Å². The van der Waals surface area contributed by atoms with Gasteiger partial charge in [-0.3, -0.25) is 14.9 Å². The van der Waals surface area contributed by atoms with Crippen molar-refractivity contribution in [3.8, 4) is 11.3 Å². The zero-order valence-electron chi connectivity index (χ0n) is 17.0. The quantitative estimate of drug-likeness (QED) is 0.316. The van der Waals surface area contributed by atoms with Crippen LogP contribution in [0.4, 0.5) is 5.95 Å². The summed E-state index contributed by atoms with van der Waals surface area (Å²) in [7, 11) is 0. The maximum Gasteiger partial charge on any atom is 0.250 e. The summed E-state index contributed by atoms with van der Waals surface area (Å²) in [6, 6.07) is 10.5. The molecule has 0 radical (unpaired) electrons. The second-order valence-electron chi connectivity index (χ2n) is 7.22. The number of halogens is 2. The van der Waals surface area contributed by atoms with E-state index in [1.807, 2.05) is 18.4 Å². The van der Waals surface area contributed by atoms with Gasteiger partial charge in [-0.25, -0.2) is 4.52 Å². The Morgan fingerprint density at radius 2 is 2.06 bits per heavy atom. The first-order valence-electron chi connectivity index (χ1n) is 9.70. The van der Waals surface area contributed by atoms with Gasteiger partial charge in [0.05, 0.1) is 21.7 Å². The van der Waals surface area contributed by atoms with Gasteiger partial charge in [0.15, 0.2) is 5.43 Å². The average molecular weight is 497 g/mol. The van der Waals surface area contributed by atoms with Crippen LogP contribution in [0.1, 0.15) is 11.1 Å². The third-order valence-electron chi connectivity index (χ3n) is 4.89. The Kier molecular flexibility index (Phi) is 5.49. The first kappa shape index (κ1) is 21.4. The summed E-state index contributed by atoms with van der Waals surface area (Å²) in [6.45, 7) is 1.89. The molecule has 0 saturated carbocycles. The molecule has 7 nitrogen and oxygen atoms in total. The van der Waals surface area contributed by atoms with Gasteiger partial charge in [-0.05, 0) is 43.3 Å². The van der Waals surface area contributed by atoms with E-state index in [9.17, 15) is 9.59 Å². The molecule has 0 spiro atoms. The largest absolute Gasteiger partial charge is 0.463 e. The van der Waals surface area contributed by atoms with Crippen LogP contribution in [0.15, 0.2) is 63.3 Å². The summed E-state index contributed by atoms with van der Waals surface area (Å²) in [6.07, 6.45) is 3.97. The molecule has 1 N–H and O–H groups in total. The number of thiazole rings is 1. The van der Waals surface area contributed by atoms with E-state index < -0.39 is 5.91 Å². The van der Waals surface area contributed by atoms with Gasteiger partial charge in [-0.15, -0.1) is 16.4 Å².